The van der Waals surface area contributed by atoms with Gasteiger partial charge in [-0.05, 0) is 45.8 Å². The number of hydrogen-bond donors (Lipinski definition) is 4. The second kappa shape index (κ2) is 24.0. The van der Waals surface area contributed by atoms with Crippen LogP contribution in [0.4, 0.5) is 0 Å². The van der Waals surface area contributed by atoms with Gasteiger partial charge < -0.3 is 92.1 Å². The molecule has 4 N–H and O–H groups in total. The monoisotopic (exact) mass is 964 g/mol. The van der Waals surface area contributed by atoms with E-state index in [1.165, 1.54) is 69.4 Å². The fraction of sp³-hybridized carbons (Fsp3) is 1.00. The van der Waals surface area contributed by atoms with Gasteiger partial charge >= 0.3 is 71.7 Å². The number of rotatable bonds is 31. The Hall–Kier alpha value is 1.88. The Balaban J connectivity index is 7.80. The van der Waals surface area contributed by atoms with E-state index in [1.54, 1.807) is 13.1 Å². The molecule has 0 saturated heterocycles. The molecule has 292 valence electrons. The first-order valence-corrected chi connectivity index (χ1v) is 37.3. The molecule has 14 radical (unpaired) electrons. The molecule has 0 rings (SSSR count). The SMILES string of the molecule is CO[Si](OC)[Si](C)(C)O[Si](O[Si](C)O)(O[Si](C)=N)O[Si](CCNCC[Si](OC)(OC)OC)(O[Si](O[Si])(O[Si])O[Si])O[Si](OC)(OC)O[Si](C)(O)[Si]. The zero-order valence-corrected chi connectivity index (χ0v) is 44.7. The number of hydrogen-bond acceptors (Lipinski definition) is 21. The summed E-state index contributed by atoms with van der Waals surface area (Å²) < 4.78 is 99.9. The van der Waals surface area contributed by atoms with Crippen molar-refractivity contribution in [2.24, 2.45) is 0 Å². The highest BCUT2D eigenvalue weighted by Crippen LogP contribution is 2.34. The van der Waals surface area contributed by atoms with Gasteiger partial charge in [0.25, 0.3) is 8.08 Å². The van der Waals surface area contributed by atoms with E-state index >= 15 is 0 Å². The molecule has 0 saturated carbocycles. The summed E-state index contributed by atoms with van der Waals surface area (Å²) in [6.45, 7) is 8.17. The van der Waals surface area contributed by atoms with Crippen LogP contribution in [-0.2, 0) is 72.1 Å². The molecule has 3 unspecified atom stereocenters. The second-order valence-electron chi connectivity index (χ2n) is 10.4. The van der Waals surface area contributed by atoms with E-state index in [0.717, 1.165) is 0 Å². The van der Waals surface area contributed by atoms with Crippen LogP contribution >= 0.6 is 0 Å². The topological polar surface area (TPSA) is 233 Å². The second-order valence-corrected chi connectivity index (χ2v) is 43.5. The Morgan fingerprint density at radius 2 is 1.06 bits per heavy atom. The summed E-state index contributed by atoms with van der Waals surface area (Å²) in [6, 6.07) is 0.139. The van der Waals surface area contributed by atoms with Crippen LogP contribution in [-0.4, -0.2) is 201 Å². The maximum atomic E-state index is 10.8. The van der Waals surface area contributed by atoms with Crippen LogP contribution in [0.1, 0.15) is 0 Å². The minimum Gasteiger partial charge on any atom is -0.534 e. The molecule has 0 aromatic carbocycles. The highest BCUT2D eigenvalue weighted by atomic mass is 29.3. The third-order valence-corrected chi connectivity index (χ3v) is 38.1. The minimum absolute atomic E-state index is 0.0490. The van der Waals surface area contributed by atoms with Crippen LogP contribution in [0.5, 0.6) is 0 Å². The summed E-state index contributed by atoms with van der Waals surface area (Å²) in [5.74, 6) is 0. The van der Waals surface area contributed by atoms with E-state index in [2.05, 4.69) is 46.5 Å². The molecule has 0 aromatic heterocycles. The molecule has 0 aromatic rings. The third-order valence-electron chi connectivity index (χ3n) is 5.98. The van der Waals surface area contributed by atoms with Gasteiger partial charge in [-0.1, -0.05) is 0 Å². The van der Waals surface area contributed by atoms with E-state index in [0.29, 0.717) is 12.6 Å². The molecule has 0 amide bonds. The molecule has 51 heavy (non-hydrogen) atoms. The summed E-state index contributed by atoms with van der Waals surface area (Å²) in [4.78, 5) is 21.6. The summed E-state index contributed by atoms with van der Waals surface area (Å²) >= 11 is 0. The molecule has 0 bridgehead atoms. The number of nitrogens with one attached hydrogen (secondary N) is 2. The molecule has 0 heterocycles. The van der Waals surface area contributed by atoms with E-state index < -0.39 is 87.6 Å². The van der Waals surface area contributed by atoms with Gasteiger partial charge in [0.15, 0.2) is 0 Å². The summed E-state index contributed by atoms with van der Waals surface area (Å²) in [7, 11) is -13.8. The third kappa shape index (κ3) is 17.5. The average Bonchev–Trinajstić information content (AvgIpc) is 3.04. The maximum absolute atomic E-state index is 10.8. The van der Waals surface area contributed by atoms with Crippen molar-refractivity contribution in [1.82, 2.24) is 5.32 Å². The first kappa shape index (κ1) is 52.9. The van der Waals surface area contributed by atoms with Crippen LogP contribution in [0.25, 0.3) is 0 Å². The van der Waals surface area contributed by atoms with Gasteiger partial charge in [-0.15, -0.1) is 0 Å². The van der Waals surface area contributed by atoms with Gasteiger partial charge in [-0.3, -0.25) is 0 Å². The van der Waals surface area contributed by atoms with E-state index in [-0.39, 0.29) is 12.6 Å². The summed E-state index contributed by atoms with van der Waals surface area (Å²) in [5, 5.41) is 11.8. The van der Waals surface area contributed by atoms with Crippen LogP contribution < -0.4 is 5.32 Å². The maximum Gasteiger partial charge on any atom is 0.708 e. The molecular formula is C16H48N2O19Si14. The Kier molecular flexibility index (Phi) is 24.8. The van der Waals surface area contributed by atoms with Gasteiger partial charge in [0.05, 0.1) is 9.76 Å². The van der Waals surface area contributed by atoms with Gasteiger partial charge in [-0.25, -0.2) is 0 Å². The van der Waals surface area contributed by atoms with Gasteiger partial charge in [0, 0.05) is 61.9 Å². The fourth-order valence-corrected chi connectivity index (χ4v) is 36.9. The lowest BCUT2D eigenvalue weighted by Crippen LogP contribution is -2.73. The van der Waals surface area contributed by atoms with Crippen molar-refractivity contribution in [3.8, 4) is 0 Å². The Bertz CT molecular complexity index is 981. The largest absolute Gasteiger partial charge is 0.708 e. The Morgan fingerprint density at radius 1 is 0.627 bits per heavy atom. The van der Waals surface area contributed by atoms with Crippen molar-refractivity contribution < 1.29 is 81.7 Å². The van der Waals surface area contributed by atoms with Gasteiger partial charge in [0.1, 0.15) is 0 Å². The lowest BCUT2D eigenvalue weighted by molar-refractivity contribution is 0.0207. The Labute approximate surface area is 326 Å². The van der Waals surface area contributed by atoms with Gasteiger partial charge in [0.2, 0.25) is 39.3 Å². The Morgan fingerprint density at radius 3 is 1.41 bits per heavy atom. The predicted octanol–water partition coefficient (Wildman–Crippen LogP) is -2.72. The molecule has 0 aliphatic rings. The predicted molar refractivity (Wildman–Crippen MR) is 199 cm³/mol. The lowest BCUT2D eigenvalue weighted by Gasteiger charge is -2.45. The average molecular weight is 966 g/mol. The van der Waals surface area contributed by atoms with E-state index in [1.807, 2.05) is 0 Å². The van der Waals surface area contributed by atoms with Crippen molar-refractivity contribution in [3.63, 3.8) is 0 Å². The zero-order chi connectivity index (χ0) is 39.8. The van der Waals surface area contributed by atoms with Crippen LogP contribution in [0.2, 0.25) is 44.8 Å². The van der Waals surface area contributed by atoms with Crippen LogP contribution in [0.3, 0.4) is 0 Å². The standard InChI is InChI=1S/C16H48N2O19Si14/c1-21-44(22-2)45(10,11)33-51(31-42(8)17,32-43(9)19)37-48(36-50(28-38,29-39)30-40,35-49(26-6,27-7)34-46(12,20)41)16-14-18-13-15-47(23-3,24-4)25-5/h17-20H,13-16H2,1-12H3. The van der Waals surface area contributed by atoms with Crippen molar-refractivity contribution in [2.75, 3.05) is 62.9 Å². The molecule has 35 heteroatoms. The molecule has 21 nitrogen and oxygen atoms in total. The highest BCUT2D eigenvalue weighted by Gasteiger charge is 2.69. The first-order valence-electron chi connectivity index (χ1n) is 14.5. The van der Waals surface area contributed by atoms with Crippen LogP contribution in [0.15, 0.2) is 0 Å². The normalized spacial score (nSPS) is 17.0. The summed E-state index contributed by atoms with van der Waals surface area (Å²) in [5.41, 5.74) is 0. The molecule has 0 aliphatic heterocycles. The van der Waals surface area contributed by atoms with Crippen molar-refractivity contribution >= 4 is 129 Å². The molecule has 0 fully saturated rings. The molecule has 0 aliphatic carbocycles. The van der Waals surface area contributed by atoms with Crippen LogP contribution in [0, 0.1) is 5.05 Å². The lowest BCUT2D eigenvalue weighted by atomic mass is 10.6. The molecule has 0 spiro atoms. The first-order chi connectivity index (χ1) is 23.6. The van der Waals surface area contributed by atoms with Crippen molar-refractivity contribution in [3.05, 3.63) is 0 Å². The zero-order valence-electron chi connectivity index (χ0n) is 30.7. The minimum atomic E-state index is -4.81. The van der Waals surface area contributed by atoms with Crippen molar-refractivity contribution in [1.29, 1.82) is 5.05 Å². The summed E-state index contributed by atoms with van der Waals surface area (Å²) in [6.07, 6.45) is 0. The highest BCUT2D eigenvalue weighted by molar-refractivity contribution is 7.25. The molecule has 3 atom stereocenters. The van der Waals surface area contributed by atoms with E-state index in [4.69, 9.17) is 77.2 Å². The fourth-order valence-electron chi connectivity index (χ4n) is 4.01. The smallest absolute Gasteiger partial charge is 0.534 e. The quantitative estimate of drug-likeness (QED) is 0.0408. The van der Waals surface area contributed by atoms with Crippen molar-refractivity contribution in [2.45, 2.75) is 44.8 Å². The van der Waals surface area contributed by atoms with Gasteiger partial charge in [-0.2, -0.15) is 0 Å². The molecular weight excluding hydrogens is 917 g/mol. The van der Waals surface area contributed by atoms with E-state index in [9.17, 15) is 9.59 Å².